The third-order valence-electron chi connectivity index (χ3n) is 4.89. The Bertz CT molecular complexity index is 947. The van der Waals surface area contributed by atoms with Crippen LogP contribution in [0.2, 0.25) is 0 Å². The van der Waals surface area contributed by atoms with Gasteiger partial charge in [-0.3, -0.25) is 9.88 Å². The maximum Gasteiger partial charge on any atom is 0.252 e. The summed E-state index contributed by atoms with van der Waals surface area (Å²) in [4.78, 5) is 0. The lowest BCUT2D eigenvalue weighted by Gasteiger charge is -2.31. The fraction of sp³-hybridized carbons (Fsp3) is 0.250. The van der Waals surface area contributed by atoms with Crippen molar-refractivity contribution in [2.24, 2.45) is 0 Å². The molecule has 0 aliphatic heterocycles. The first-order valence-corrected chi connectivity index (χ1v) is 11.5. The van der Waals surface area contributed by atoms with Gasteiger partial charge in [0.1, 0.15) is 11.5 Å². The molecule has 4 nitrogen and oxygen atoms in total. The van der Waals surface area contributed by atoms with Crippen LogP contribution in [-0.2, 0) is 9.09 Å². The van der Waals surface area contributed by atoms with Gasteiger partial charge in [0, 0.05) is 11.3 Å². The lowest BCUT2D eigenvalue weighted by Crippen LogP contribution is -2.29. The molecule has 0 saturated carbocycles. The van der Waals surface area contributed by atoms with E-state index in [0.29, 0.717) is 11.9 Å². The van der Waals surface area contributed by atoms with Gasteiger partial charge in [-0.05, 0) is 49.2 Å². The zero-order valence-electron chi connectivity index (χ0n) is 17.1. The second-order valence-corrected chi connectivity index (χ2v) is 9.31. The molecule has 0 bridgehead atoms. The molecular formula is C24H28NO3P. The van der Waals surface area contributed by atoms with Crippen LogP contribution in [0.25, 0.3) is 0 Å². The van der Waals surface area contributed by atoms with Gasteiger partial charge < -0.3 is 9.26 Å². The minimum absolute atomic E-state index is 0.0232. The van der Waals surface area contributed by atoms with Crippen molar-refractivity contribution in [2.45, 2.75) is 25.7 Å². The third kappa shape index (κ3) is 4.97. The molecule has 0 radical (unpaired) electrons. The van der Waals surface area contributed by atoms with Crippen LogP contribution in [-0.4, -0.2) is 13.7 Å². The summed E-state index contributed by atoms with van der Waals surface area (Å²) in [7, 11) is -1.64. The topological polar surface area (TPSA) is 47.6 Å². The number of methoxy groups -OCH3 is 1. The van der Waals surface area contributed by atoms with E-state index in [1.165, 1.54) is 0 Å². The van der Waals surface area contributed by atoms with E-state index in [9.17, 15) is 4.57 Å². The Morgan fingerprint density at radius 3 is 2.14 bits per heavy atom. The first kappa shape index (κ1) is 21.3. The van der Waals surface area contributed by atoms with Crippen molar-refractivity contribution >= 4 is 12.7 Å². The summed E-state index contributed by atoms with van der Waals surface area (Å²) >= 11 is 0. The summed E-state index contributed by atoms with van der Waals surface area (Å²) in [6.45, 7) is 4.30. The Kier molecular flexibility index (Phi) is 7.27. The van der Waals surface area contributed by atoms with Crippen molar-refractivity contribution in [3.05, 3.63) is 96.1 Å². The molecule has 3 atom stereocenters. The molecular weight excluding hydrogens is 381 g/mol. The summed E-state index contributed by atoms with van der Waals surface area (Å²) in [5.74, 6) is 0.202. The number of hydrogen-bond donors (Lipinski definition) is 1. The molecule has 0 heterocycles. The van der Waals surface area contributed by atoms with Crippen molar-refractivity contribution in [3.8, 4) is 5.75 Å². The second-order valence-electron chi connectivity index (χ2n) is 6.83. The molecule has 0 fully saturated rings. The van der Waals surface area contributed by atoms with Crippen LogP contribution < -0.4 is 15.4 Å². The molecule has 5 heteroatoms. The van der Waals surface area contributed by atoms with Crippen LogP contribution in [0.5, 0.6) is 5.75 Å². The number of nitrogens with one attached hydrogen (secondary N) is 1. The van der Waals surface area contributed by atoms with E-state index in [2.05, 4.69) is 24.4 Å². The molecule has 0 aromatic heterocycles. The predicted octanol–water partition coefficient (Wildman–Crippen LogP) is 5.68. The zero-order valence-corrected chi connectivity index (χ0v) is 18.0. The largest absolute Gasteiger partial charge is 0.497 e. The molecule has 3 aromatic rings. The quantitative estimate of drug-likeness (QED) is 0.462. The Morgan fingerprint density at radius 2 is 1.52 bits per heavy atom. The van der Waals surface area contributed by atoms with Gasteiger partial charge in [-0.15, -0.1) is 0 Å². The van der Waals surface area contributed by atoms with Crippen molar-refractivity contribution in [2.75, 3.05) is 13.7 Å². The standard InChI is InChI=1S/C24H28NO3P/c1-4-28-29(26,23-16-9-6-10-17-23)24(21-14-11-15-22(18-21)27-3)25-19(2)20-12-7-5-8-13-20/h5-19,24-25H,4H2,1-3H3/t19-,24?,29?/m0/s1. The van der Waals surface area contributed by atoms with Gasteiger partial charge in [-0.2, -0.15) is 0 Å². The molecule has 3 rings (SSSR count). The van der Waals surface area contributed by atoms with E-state index in [1.807, 2.05) is 79.7 Å². The average Bonchev–Trinajstić information content (AvgIpc) is 2.78. The normalized spacial score (nSPS) is 15.3. The highest BCUT2D eigenvalue weighted by atomic mass is 31.2. The summed E-state index contributed by atoms with van der Waals surface area (Å²) < 4.78 is 25.8. The predicted molar refractivity (Wildman–Crippen MR) is 119 cm³/mol. The maximum absolute atomic E-state index is 14.4. The fourth-order valence-electron chi connectivity index (χ4n) is 3.40. The van der Waals surface area contributed by atoms with Crippen LogP contribution in [0, 0.1) is 0 Å². The van der Waals surface area contributed by atoms with Gasteiger partial charge in [-0.25, -0.2) is 0 Å². The highest BCUT2D eigenvalue weighted by Gasteiger charge is 2.38. The lowest BCUT2D eigenvalue weighted by atomic mass is 10.1. The first-order valence-electron chi connectivity index (χ1n) is 9.83. The SMILES string of the molecule is CCOP(=O)(c1ccccc1)C(N[C@@H](C)c1ccccc1)c1cccc(OC)c1. The molecule has 2 unspecified atom stereocenters. The van der Waals surface area contributed by atoms with Crippen molar-refractivity contribution < 1.29 is 13.8 Å². The molecule has 3 aromatic carbocycles. The van der Waals surface area contributed by atoms with Gasteiger partial charge >= 0.3 is 0 Å². The molecule has 0 aliphatic rings. The van der Waals surface area contributed by atoms with Crippen molar-refractivity contribution in [1.29, 1.82) is 0 Å². The highest BCUT2D eigenvalue weighted by Crippen LogP contribution is 2.58. The molecule has 0 saturated heterocycles. The Balaban J connectivity index is 2.08. The molecule has 152 valence electrons. The van der Waals surface area contributed by atoms with Gasteiger partial charge in [-0.1, -0.05) is 60.7 Å². The van der Waals surface area contributed by atoms with Gasteiger partial charge in [0.05, 0.1) is 13.7 Å². The number of ether oxygens (including phenoxy) is 1. The van der Waals surface area contributed by atoms with Crippen LogP contribution >= 0.6 is 7.37 Å². The number of rotatable bonds is 9. The van der Waals surface area contributed by atoms with E-state index in [4.69, 9.17) is 9.26 Å². The molecule has 0 spiro atoms. The Morgan fingerprint density at radius 1 is 0.897 bits per heavy atom. The van der Waals surface area contributed by atoms with Gasteiger partial charge in [0.2, 0.25) is 0 Å². The van der Waals surface area contributed by atoms with E-state index < -0.39 is 13.2 Å². The van der Waals surface area contributed by atoms with Gasteiger partial charge in [0.25, 0.3) is 7.37 Å². The summed E-state index contributed by atoms with van der Waals surface area (Å²) in [6.07, 6.45) is 0. The molecule has 0 amide bonds. The van der Waals surface area contributed by atoms with Crippen molar-refractivity contribution in [1.82, 2.24) is 5.32 Å². The smallest absolute Gasteiger partial charge is 0.252 e. The highest BCUT2D eigenvalue weighted by molar-refractivity contribution is 7.67. The second kappa shape index (κ2) is 9.89. The summed E-state index contributed by atoms with van der Waals surface area (Å²) in [6, 6.07) is 27.2. The fourth-order valence-corrected chi connectivity index (χ4v) is 5.94. The number of hydrogen-bond acceptors (Lipinski definition) is 4. The minimum Gasteiger partial charge on any atom is -0.497 e. The molecule has 1 N–H and O–H groups in total. The molecule has 0 aliphatic carbocycles. The molecule has 29 heavy (non-hydrogen) atoms. The van der Waals surface area contributed by atoms with E-state index in [-0.39, 0.29) is 6.04 Å². The zero-order chi connectivity index (χ0) is 20.7. The Labute approximate surface area is 173 Å². The van der Waals surface area contributed by atoms with E-state index >= 15 is 0 Å². The van der Waals surface area contributed by atoms with Gasteiger partial charge in [0.15, 0.2) is 0 Å². The first-order chi connectivity index (χ1) is 14.1. The van der Waals surface area contributed by atoms with E-state index in [1.54, 1.807) is 7.11 Å². The van der Waals surface area contributed by atoms with Crippen LogP contribution in [0.3, 0.4) is 0 Å². The summed E-state index contributed by atoms with van der Waals surface area (Å²) in [5.41, 5.74) is 1.99. The van der Waals surface area contributed by atoms with Crippen LogP contribution in [0.15, 0.2) is 84.9 Å². The van der Waals surface area contributed by atoms with Crippen molar-refractivity contribution in [3.63, 3.8) is 0 Å². The van der Waals surface area contributed by atoms with Crippen LogP contribution in [0.1, 0.15) is 36.8 Å². The Hall–Kier alpha value is -2.39. The monoisotopic (exact) mass is 409 g/mol. The lowest BCUT2D eigenvalue weighted by molar-refractivity contribution is 0.324. The summed E-state index contributed by atoms with van der Waals surface area (Å²) in [5, 5.41) is 4.28. The van der Waals surface area contributed by atoms with Crippen LogP contribution in [0.4, 0.5) is 0 Å². The van der Waals surface area contributed by atoms with E-state index in [0.717, 1.165) is 16.9 Å². The maximum atomic E-state index is 14.4. The third-order valence-corrected chi connectivity index (χ3v) is 7.68. The minimum atomic E-state index is -3.28. The number of benzene rings is 3. The average molecular weight is 409 g/mol.